The second-order valence-corrected chi connectivity index (χ2v) is 6.80. The monoisotopic (exact) mass is 271 g/mol. The van der Waals surface area contributed by atoms with Crippen molar-refractivity contribution in [2.45, 2.75) is 13.8 Å². The van der Waals surface area contributed by atoms with Gasteiger partial charge in [0.05, 0.1) is 21.1 Å². The smallest absolute Gasteiger partial charge is 0.0809 e. The highest BCUT2D eigenvalue weighted by Gasteiger charge is 2.06. The van der Waals surface area contributed by atoms with Crippen LogP contribution in [-0.2, 0) is 0 Å². The molecule has 0 saturated heterocycles. The number of aryl methyl sites for hydroxylation is 2. The Hall–Kier alpha value is -1.45. The van der Waals surface area contributed by atoms with Crippen molar-refractivity contribution in [3.05, 3.63) is 52.2 Å². The van der Waals surface area contributed by atoms with Gasteiger partial charge in [-0.25, -0.2) is 4.98 Å². The Balaban J connectivity index is 2.04. The summed E-state index contributed by atoms with van der Waals surface area (Å²) in [4.78, 5) is 9.88. The number of nitrogens with zero attached hydrogens (tertiary/aromatic N) is 1. The van der Waals surface area contributed by atoms with Crippen LogP contribution in [0.15, 0.2) is 42.5 Å². The number of hydrogen-bond acceptors (Lipinski definition) is 3. The number of aromatic nitrogens is 1. The molecule has 90 valence electrons. The molecule has 0 fully saturated rings. The molecule has 0 saturated carbocycles. The summed E-state index contributed by atoms with van der Waals surface area (Å²) in [7, 11) is 0. The molecular weight excluding hydrogens is 258 g/mol. The van der Waals surface area contributed by atoms with E-state index in [1.165, 1.54) is 19.5 Å². The molecule has 0 aliphatic carbocycles. The molecular formula is C15H13NS2. The average Bonchev–Trinajstić information content (AvgIpc) is 2.98. The standard InChI is InChI=1S/C15H13NS2/c1-10-6-8-14(17-10)12-4-3-5-13(16-12)15-9-7-11(2)18-15/h3-9H,1-2H3. The summed E-state index contributed by atoms with van der Waals surface area (Å²) in [5, 5.41) is 0. The maximum Gasteiger partial charge on any atom is 0.0809 e. The molecule has 0 aliphatic heterocycles. The van der Waals surface area contributed by atoms with E-state index < -0.39 is 0 Å². The minimum Gasteiger partial charge on any atom is -0.246 e. The molecule has 0 spiro atoms. The Morgan fingerprint density at radius 2 is 1.22 bits per heavy atom. The van der Waals surface area contributed by atoms with Crippen molar-refractivity contribution in [1.29, 1.82) is 0 Å². The quantitative estimate of drug-likeness (QED) is 0.627. The zero-order chi connectivity index (χ0) is 12.5. The van der Waals surface area contributed by atoms with Gasteiger partial charge in [0.1, 0.15) is 0 Å². The van der Waals surface area contributed by atoms with Gasteiger partial charge in [0.2, 0.25) is 0 Å². The first-order valence-corrected chi connectivity index (χ1v) is 7.46. The summed E-state index contributed by atoms with van der Waals surface area (Å²) >= 11 is 3.58. The van der Waals surface area contributed by atoms with Crippen LogP contribution in [0.2, 0.25) is 0 Å². The normalized spacial score (nSPS) is 10.8. The third-order valence-corrected chi connectivity index (χ3v) is 4.78. The number of thiophene rings is 2. The third-order valence-electron chi connectivity index (χ3n) is 2.73. The van der Waals surface area contributed by atoms with E-state index in [1.54, 1.807) is 22.7 Å². The van der Waals surface area contributed by atoms with Crippen LogP contribution in [0.4, 0.5) is 0 Å². The van der Waals surface area contributed by atoms with Crippen LogP contribution < -0.4 is 0 Å². The van der Waals surface area contributed by atoms with Crippen LogP contribution in [0.1, 0.15) is 9.75 Å². The Bertz CT molecular complexity index is 624. The molecule has 0 amide bonds. The molecule has 0 unspecified atom stereocenters. The summed E-state index contributed by atoms with van der Waals surface area (Å²) < 4.78 is 0. The molecule has 18 heavy (non-hydrogen) atoms. The van der Waals surface area contributed by atoms with Crippen LogP contribution in [0, 0.1) is 13.8 Å². The first kappa shape index (κ1) is 11.6. The average molecular weight is 271 g/mol. The van der Waals surface area contributed by atoms with Crippen LogP contribution in [0.3, 0.4) is 0 Å². The zero-order valence-corrected chi connectivity index (χ0v) is 11.9. The van der Waals surface area contributed by atoms with Crippen molar-refractivity contribution < 1.29 is 0 Å². The molecule has 0 radical (unpaired) electrons. The highest BCUT2D eigenvalue weighted by molar-refractivity contribution is 7.15. The SMILES string of the molecule is Cc1ccc(-c2cccc(-c3ccc(C)s3)n2)s1. The Labute approximate surface area is 115 Å². The van der Waals surface area contributed by atoms with Crippen LogP contribution in [-0.4, -0.2) is 4.98 Å². The summed E-state index contributed by atoms with van der Waals surface area (Å²) in [6.07, 6.45) is 0. The number of hydrogen-bond donors (Lipinski definition) is 0. The van der Waals surface area contributed by atoms with Crippen molar-refractivity contribution >= 4 is 22.7 Å². The van der Waals surface area contributed by atoms with Gasteiger partial charge in [-0.3, -0.25) is 0 Å². The van der Waals surface area contributed by atoms with Gasteiger partial charge in [0, 0.05) is 9.75 Å². The molecule has 3 heteroatoms. The lowest BCUT2D eigenvalue weighted by Gasteiger charge is -2.00. The fourth-order valence-corrected chi connectivity index (χ4v) is 3.53. The zero-order valence-electron chi connectivity index (χ0n) is 10.3. The maximum absolute atomic E-state index is 4.76. The highest BCUT2D eigenvalue weighted by Crippen LogP contribution is 2.30. The van der Waals surface area contributed by atoms with Gasteiger partial charge in [0.15, 0.2) is 0 Å². The molecule has 3 heterocycles. The van der Waals surface area contributed by atoms with Crippen molar-refractivity contribution in [1.82, 2.24) is 4.98 Å². The lowest BCUT2D eigenvalue weighted by molar-refractivity contribution is 1.35. The first-order chi connectivity index (χ1) is 8.72. The largest absolute Gasteiger partial charge is 0.246 e. The van der Waals surface area contributed by atoms with Gasteiger partial charge in [-0.1, -0.05) is 6.07 Å². The molecule has 1 nitrogen and oxygen atoms in total. The molecule has 0 aromatic carbocycles. The van der Waals surface area contributed by atoms with Crippen LogP contribution >= 0.6 is 22.7 Å². The van der Waals surface area contributed by atoms with E-state index >= 15 is 0 Å². The van der Waals surface area contributed by atoms with Crippen molar-refractivity contribution in [2.24, 2.45) is 0 Å². The lowest BCUT2D eigenvalue weighted by Crippen LogP contribution is -1.83. The first-order valence-electron chi connectivity index (χ1n) is 5.83. The molecule has 0 N–H and O–H groups in total. The predicted molar refractivity (Wildman–Crippen MR) is 80.3 cm³/mol. The van der Waals surface area contributed by atoms with E-state index in [2.05, 4.69) is 56.3 Å². The van der Waals surface area contributed by atoms with E-state index in [9.17, 15) is 0 Å². The van der Waals surface area contributed by atoms with Gasteiger partial charge < -0.3 is 0 Å². The summed E-state index contributed by atoms with van der Waals surface area (Å²) in [6.45, 7) is 4.25. The number of rotatable bonds is 2. The molecule has 0 atom stereocenters. The van der Waals surface area contributed by atoms with E-state index in [0.717, 1.165) is 11.4 Å². The number of pyridine rings is 1. The van der Waals surface area contributed by atoms with Gasteiger partial charge in [0.25, 0.3) is 0 Å². The van der Waals surface area contributed by atoms with Gasteiger partial charge >= 0.3 is 0 Å². The molecule has 3 rings (SSSR count). The van der Waals surface area contributed by atoms with Gasteiger partial charge in [-0.2, -0.15) is 0 Å². The summed E-state index contributed by atoms with van der Waals surface area (Å²) in [5.74, 6) is 0. The Kier molecular flexibility index (Phi) is 3.02. The predicted octanol–water partition coefficient (Wildman–Crippen LogP) is 5.16. The Morgan fingerprint density at radius 1 is 0.722 bits per heavy atom. The fourth-order valence-electron chi connectivity index (χ4n) is 1.85. The maximum atomic E-state index is 4.76. The van der Waals surface area contributed by atoms with E-state index in [0.29, 0.717) is 0 Å². The van der Waals surface area contributed by atoms with Crippen LogP contribution in [0.25, 0.3) is 21.1 Å². The minimum absolute atomic E-state index is 1.07. The summed E-state index contributed by atoms with van der Waals surface area (Å²) in [6, 6.07) is 14.8. The van der Waals surface area contributed by atoms with Crippen LogP contribution in [0.5, 0.6) is 0 Å². The topological polar surface area (TPSA) is 12.9 Å². The Morgan fingerprint density at radius 3 is 1.61 bits per heavy atom. The second kappa shape index (κ2) is 4.67. The van der Waals surface area contributed by atoms with Gasteiger partial charge in [-0.15, -0.1) is 22.7 Å². The second-order valence-electron chi connectivity index (χ2n) is 4.23. The van der Waals surface area contributed by atoms with Crippen molar-refractivity contribution in [3.63, 3.8) is 0 Å². The van der Waals surface area contributed by atoms with Crippen molar-refractivity contribution in [2.75, 3.05) is 0 Å². The van der Waals surface area contributed by atoms with E-state index in [-0.39, 0.29) is 0 Å². The molecule has 0 bridgehead atoms. The van der Waals surface area contributed by atoms with Gasteiger partial charge in [-0.05, 0) is 50.2 Å². The summed E-state index contributed by atoms with van der Waals surface area (Å²) in [5.41, 5.74) is 2.13. The molecule has 0 aliphatic rings. The lowest BCUT2D eigenvalue weighted by atomic mass is 10.2. The molecule has 3 aromatic rings. The third kappa shape index (κ3) is 2.24. The van der Waals surface area contributed by atoms with Crippen molar-refractivity contribution in [3.8, 4) is 21.1 Å². The minimum atomic E-state index is 1.07. The molecule has 3 aromatic heterocycles. The van der Waals surface area contributed by atoms with E-state index in [1.807, 2.05) is 0 Å². The fraction of sp³-hybridized carbons (Fsp3) is 0.133. The highest BCUT2D eigenvalue weighted by atomic mass is 32.1. The van der Waals surface area contributed by atoms with E-state index in [4.69, 9.17) is 4.98 Å².